The summed E-state index contributed by atoms with van der Waals surface area (Å²) in [5, 5.41) is 10.4. The second-order valence-corrected chi connectivity index (χ2v) is 7.84. The van der Waals surface area contributed by atoms with Crippen LogP contribution < -0.4 is 0 Å². The van der Waals surface area contributed by atoms with E-state index in [9.17, 15) is 5.11 Å². The van der Waals surface area contributed by atoms with Crippen molar-refractivity contribution in [3.63, 3.8) is 0 Å². The lowest BCUT2D eigenvalue weighted by Gasteiger charge is -2.49. The Morgan fingerprint density at radius 1 is 1.00 bits per heavy atom. The van der Waals surface area contributed by atoms with Crippen molar-refractivity contribution in [2.45, 2.75) is 83.5 Å². The maximum Gasteiger partial charge on any atom is 0.105 e. The van der Waals surface area contributed by atoms with E-state index in [-0.39, 0.29) is 16.4 Å². The minimum Gasteiger partial charge on any atom is -0.390 e. The van der Waals surface area contributed by atoms with Gasteiger partial charge >= 0.3 is 0 Å². The molecule has 2 nitrogen and oxygen atoms in total. The van der Waals surface area contributed by atoms with Crippen LogP contribution in [0, 0.1) is 10.8 Å². The minimum atomic E-state index is -0.523. The molecule has 2 saturated carbocycles. The van der Waals surface area contributed by atoms with Gasteiger partial charge in [-0.05, 0) is 43.4 Å². The minimum absolute atomic E-state index is 0.0543. The molecule has 2 heteroatoms. The van der Waals surface area contributed by atoms with Gasteiger partial charge in [-0.3, -0.25) is 0 Å². The van der Waals surface area contributed by atoms with E-state index in [4.69, 9.17) is 4.74 Å². The Labute approximate surface area is 105 Å². The van der Waals surface area contributed by atoms with Crippen LogP contribution in [0.4, 0.5) is 0 Å². The monoisotopic (exact) mass is 238 g/mol. The lowest BCUT2D eigenvalue weighted by atomic mass is 9.54. The molecule has 17 heavy (non-hydrogen) atoms. The predicted octanol–water partition coefficient (Wildman–Crippen LogP) is 3.28. The highest BCUT2D eigenvalue weighted by atomic mass is 16.6. The lowest BCUT2D eigenvalue weighted by molar-refractivity contribution is -0.0495. The molecule has 0 aromatic heterocycles. The maximum atomic E-state index is 10.4. The molecule has 3 rings (SSSR count). The molecule has 1 aliphatic heterocycles. The molecular weight excluding hydrogens is 212 g/mol. The van der Waals surface area contributed by atoms with Crippen LogP contribution in [0.1, 0.15) is 66.2 Å². The van der Waals surface area contributed by atoms with Crippen LogP contribution in [-0.4, -0.2) is 22.4 Å². The molecule has 0 unspecified atom stereocenters. The molecule has 2 aliphatic carbocycles. The van der Waals surface area contributed by atoms with Crippen LogP contribution in [-0.2, 0) is 4.74 Å². The molecule has 0 bridgehead atoms. The molecule has 1 heterocycles. The van der Waals surface area contributed by atoms with Crippen LogP contribution in [0.25, 0.3) is 0 Å². The second kappa shape index (κ2) is 3.08. The quantitative estimate of drug-likeness (QED) is 0.657. The van der Waals surface area contributed by atoms with Crippen molar-refractivity contribution in [2.24, 2.45) is 10.8 Å². The fourth-order valence-electron chi connectivity index (χ4n) is 4.97. The number of aliphatic hydroxyl groups is 1. The van der Waals surface area contributed by atoms with Gasteiger partial charge in [-0.15, -0.1) is 0 Å². The molecule has 0 aromatic rings. The molecular formula is C15H26O2. The second-order valence-electron chi connectivity index (χ2n) is 7.84. The first-order chi connectivity index (χ1) is 7.73. The normalized spacial score (nSPS) is 56.6. The SMILES string of the molecule is CC1(C)CCC[C@]2(C)CC[C@@](C)(O)C[C@H]3O[C@@]312. The van der Waals surface area contributed by atoms with Gasteiger partial charge in [0.1, 0.15) is 5.60 Å². The third kappa shape index (κ3) is 1.40. The van der Waals surface area contributed by atoms with Gasteiger partial charge in [-0.25, -0.2) is 0 Å². The van der Waals surface area contributed by atoms with Gasteiger partial charge in [-0.1, -0.05) is 27.2 Å². The van der Waals surface area contributed by atoms with Gasteiger partial charge in [0.15, 0.2) is 0 Å². The molecule has 98 valence electrons. The Hall–Kier alpha value is -0.0800. The summed E-state index contributed by atoms with van der Waals surface area (Å²) in [6.07, 6.45) is 7.00. The van der Waals surface area contributed by atoms with Gasteiger partial charge < -0.3 is 9.84 Å². The topological polar surface area (TPSA) is 32.8 Å². The lowest BCUT2D eigenvalue weighted by Crippen LogP contribution is -2.51. The van der Waals surface area contributed by atoms with Crippen molar-refractivity contribution < 1.29 is 9.84 Å². The van der Waals surface area contributed by atoms with E-state index in [0.29, 0.717) is 6.10 Å². The Morgan fingerprint density at radius 3 is 2.41 bits per heavy atom. The summed E-state index contributed by atoms with van der Waals surface area (Å²) in [6, 6.07) is 0. The van der Waals surface area contributed by atoms with Crippen molar-refractivity contribution in [3.8, 4) is 0 Å². The third-order valence-electron chi connectivity index (χ3n) is 6.00. The Morgan fingerprint density at radius 2 is 1.71 bits per heavy atom. The van der Waals surface area contributed by atoms with E-state index in [1.165, 1.54) is 19.3 Å². The van der Waals surface area contributed by atoms with Crippen LogP contribution in [0.5, 0.6) is 0 Å². The van der Waals surface area contributed by atoms with Crippen LogP contribution in [0.2, 0.25) is 0 Å². The van der Waals surface area contributed by atoms with E-state index < -0.39 is 5.60 Å². The van der Waals surface area contributed by atoms with E-state index in [2.05, 4.69) is 20.8 Å². The first-order valence-corrected chi connectivity index (χ1v) is 7.13. The zero-order chi connectivity index (χ0) is 12.5. The first-order valence-electron chi connectivity index (χ1n) is 7.13. The summed E-state index contributed by atoms with van der Waals surface area (Å²) in [7, 11) is 0. The fourth-order valence-corrected chi connectivity index (χ4v) is 4.97. The molecule has 3 aliphatic rings. The van der Waals surface area contributed by atoms with E-state index in [1.807, 2.05) is 6.92 Å². The number of hydrogen-bond donors (Lipinski definition) is 1. The van der Waals surface area contributed by atoms with Crippen molar-refractivity contribution in [1.29, 1.82) is 0 Å². The summed E-state index contributed by atoms with van der Waals surface area (Å²) in [5.74, 6) is 0. The number of hydrogen-bond acceptors (Lipinski definition) is 2. The number of ether oxygens (including phenoxy) is 1. The van der Waals surface area contributed by atoms with Gasteiger partial charge in [0, 0.05) is 6.42 Å². The summed E-state index contributed by atoms with van der Waals surface area (Å²) < 4.78 is 6.24. The molecule has 0 radical (unpaired) electrons. The van der Waals surface area contributed by atoms with Gasteiger partial charge in [-0.2, -0.15) is 0 Å². The van der Waals surface area contributed by atoms with Gasteiger partial charge in [0.25, 0.3) is 0 Å². The molecule has 3 fully saturated rings. The van der Waals surface area contributed by atoms with Crippen LogP contribution in [0.3, 0.4) is 0 Å². The smallest absolute Gasteiger partial charge is 0.105 e. The molecule has 0 aromatic carbocycles. The van der Waals surface area contributed by atoms with Crippen molar-refractivity contribution >= 4 is 0 Å². The predicted molar refractivity (Wildman–Crippen MR) is 67.8 cm³/mol. The highest BCUT2D eigenvalue weighted by molar-refractivity contribution is 5.23. The maximum absolute atomic E-state index is 10.4. The molecule has 1 saturated heterocycles. The van der Waals surface area contributed by atoms with E-state index >= 15 is 0 Å². The number of epoxide rings is 1. The zero-order valence-electron chi connectivity index (χ0n) is 11.7. The Kier molecular flexibility index (Phi) is 2.17. The van der Waals surface area contributed by atoms with Crippen molar-refractivity contribution in [1.82, 2.24) is 0 Å². The highest BCUT2D eigenvalue weighted by Gasteiger charge is 2.75. The summed E-state index contributed by atoms with van der Waals surface area (Å²) >= 11 is 0. The molecule has 1 N–H and O–H groups in total. The summed E-state index contributed by atoms with van der Waals surface area (Å²) in [6.45, 7) is 9.11. The molecule has 4 atom stereocenters. The third-order valence-corrected chi connectivity index (χ3v) is 6.00. The van der Waals surface area contributed by atoms with Gasteiger partial charge in [0.05, 0.1) is 11.7 Å². The fraction of sp³-hybridized carbons (Fsp3) is 1.00. The average molecular weight is 238 g/mol. The molecule has 0 amide bonds. The van der Waals surface area contributed by atoms with E-state index in [0.717, 1.165) is 19.3 Å². The first kappa shape index (κ1) is 12.0. The average Bonchev–Trinajstić information content (AvgIpc) is 2.88. The van der Waals surface area contributed by atoms with Crippen LogP contribution >= 0.6 is 0 Å². The van der Waals surface area contributed by atoms with Crippen molar-refractivity contribution in [3.05, 3.63) is 0 Å². The Balaban J connectivity index is 2.01. The summed E-state index contributed by atoms with van der Waals surface area (Å²) in [5.41, 5.74) is 0.0777. The van der Waals surface area contributed by atoms with E-state index in [1.54, 1.807) is 0 Å². The Bertz CT molecular complexity index is 347. The molecule has 1 spiro atoms. The zero-order valence-corrected chi connectivity index (χ0v) is 11.7. The van der Waals surface area contributed by atoms with Gasteiger partial charge in [0.2, 0.25) is 0 Å². The van der Waals surface area contributed by atoms with Crippen LogP contribution in [0.15, 0.2) is 0 Å². The largest absolute Gasteiger partial charge is 0.390 e. The number of rotatable bonds is 0. The highest BCUT2D eigenvalue weighted by Crippen LogP contribution is 2.70. The van der Waals surface area contributed by atoms with Crippen molar-refractivity contribution in [2.75, 3.05) is 0 Å². The summed E-state index contributed by atoms with van der Waals surface area (Å²) in [4.78, 5) is 0. The standard InChI is InChI=1S/C15H26O2/c1-12(2)6-5-7-13(3)8-9-14(4,16)10-11-15(12,13)17-11/h11,16H,5-10H2,1-4H3/t11-,13-,14-,15+/m1/s1.